The van der Waals surface area contributed by atoms with Gasteiger partial charge in [0.25, 0.3) is 16.0 Å². The molecular formula is C20H18N2O6S. The summed E-state index contributed by atoms with van der Waals surface area (Å²) in [7, 11) is -4.62. The van der Waals surface area contributed by atoms with Crippen LogP contribution in [0.1, 0.15) is 22.8 Å². The van der Waals surface area contributed by atoms with Crippen LogP contribution in [-0.2, 0) is 14.9 Å². The number of nitrogens with two attached hydrogens (primary N) is 1. The summed E-state index contributed by atoms with van der Waals surface area (Å²) in [6, 6.07) is 12.1. The summed E-state index contributed by atoms with van der Waals surface area (Å²) >= 11 is 0. The second-order valence-corrected chi connectivity index (χ2v) is 7.80. The van der Waals surface area contributed by atoms with Crippen molar-refractivity contribution in [3.8, 4) is 5.75 Å². The van der Waals surface area contributed by atoms with E-state index in [1.54, 1.807) is 37.3 Å². The molecule has 0 aliphatic heterocycles. The zero-order valence-corrected chi connectivity index (χ0v) is 16.4. The molecule has 0 fully saturated rings. The van der Waals surface area contributed by atoms with Crippen molar-refractivity contribution in [3.63, 3.8) is 0 Å². The first-order chi connectivity index (χ1) is 13.6. The van der Waals surface area contributed by atoms with E-state index in [1.807, 2.05) is 0 Å². The van der Waals surface area contributed by atoms with Crippen molar-refractivity contribution in [1.29, 1.82) is 0 Å². The SMILES string of the molecule is CC(=O)Oc1cc(S(=O)(=O)O)c2ccccc2c1NC(=O)c1cc(C)ccc1N. The Labute approximate surface area is 167 Å². The number of aryl methyl sites for hydroxylation is 1. The van der Waals surface area contributed by atoms with E-state index in [4.69, 9.17) is 10.5 Å². The van der Waals surface area contributed by atoms with Crippen LogP contribution in [0, 0.1) is 6.92 Å². The van der Waals surface area contributed by atoms with Gasteiger partial charge in [-0.3, -0.25) is 14.1 Å². The first-order valence-corrected chi connectivity index (χ1v) is 9.91. The highest BCUT2D eigenvalue weighted by Crippen LogP contribution is 2.38. The Morgan fingerprint density at radius 3 is 2.34 bits per heavy atom. The molecule has 0 saturated heterocycles. The van der Waals surface area contributed by atoms with Crippen molar-refractivity contribution in [2.45, 2.75) is 18.7 Å². The number of rotatable bonds is 4. The third kappa shape index (κ3) is 4.20. The van der Waals surface area contributed by atoms with Crippen molar-refractivity contribution in [3.05, 3.63) is 59.7 Å². The number of nitrogens with one attached hydrogen (secondary N) is 1. The maximum Gasteiger partial charge on any atom is 0.308 e. The van der Waals surface area contributed by atoms with E-state index in [9.17, 15) is 22.6 Å². The van der Waals surface area contributed by atoms with Crippen molar-refractivity contribution >= 4 is 44.1 Å². The monoisotopic (exact) mass is 414 g/mol. The van der Waals surface area contributed by atoms with Gasteiger partial charge >= 0.3 is 5.97 Å². The van der Waals surface area contributed by atoms with Crippen LogP contribution in [-0.4, -0.2) is 24.8 Å². The number of carbonyl (C=O) groups excluding carboxylic acids is 2. The second kappa shape index (κ2) is 7.53. The summed E-state index contributed by atoms with van der Waals surface area (Å²) < 4.78 is 38.4. The second-order valence-electron chi connectivity index (χ2n) is 6.41. The maximum atomic E-state index is 12.9. The number of anilines is 2. The molecule has 3 aromatic carbocycles. The number of benzene rings is 3. The summed E-state index contributed by atoms with van der Waals surface area (Å²) in [4.78, 5) is 24.0. The van der Waals surface area contributed by atoms with Crippen LogP contribution in [0.4, 0.5) is 11.4 Å². The van der Waals surface area contributed by atoms with E-state index in [0.29, 0.717) is 0 Å². The maximum absolute atomic E-state index is 12.9. The van der Waals surface area contributed by atoms with Crippen molar-refractivity contribution in [2.24, 2.45) is 0 Å². The van der Waals surface area contributed by atoms with Crippen molar-refractivity contribution in [2.75, 3.05) is 11.1 Å². The lowest BCUT2D eigenvalue weighted by atomic mass is 10.1. The zero-order chi connectivity index (χ0) is 21.3. The van der Waals surface area contributed by atoms with E-state index >= 15 is 0 Å². The van der Waals surface area contributed by atoms with Gasteiger partial charge in [-0.2, -0.15) is 8.42 Å². The molecule has 0 radical (unpaired) electrons. The average molecular weight is 414 g/mol. The number of esters is 1. The number of hydrogen-bond donors (Lipinski definition) is 3. The molecule has 150 valence electrons. The van der Waals surface area contributed by atoms with E-state index in [-0.39, 0.29) is 33.5 Å². The zero-order valence-electron chi connectivity index (χ0n) is 15.6. The number of ether oxygens (including phenoxy) is 1. The summed E-state index contributed by atoms with van der Waals surface area (Å²) in [5.41, 5.74) is 7.25. The van der Waals surface area contributed by atoms with E-state index in [0.717, 1.165) is 18.6 Å². The fraction of sp³-hybridized carbons (Fsp3) is 0.100. The molecule has 0 saturated carbocycles. The molecule has 0 spiro atoms. The Hall–Kier alpha value is -3.43. The highest BCUT2D eigenvalue weighted by atomic mass is 32.2. The number of fused-ring (bicyclic) bond motifs is 1. The molecule has 0 unspecified atom stereocenters. The van der Waals surface area contributed by atoms with Crippen LogP contribution in [0.15, 0.2) is 53.4 Å². The minimum Gasteiger partial charge on any atom is -0.424 e. The molecular weight excluding hydrogens is 396 g/mol. The molecule has 0 aliphatic rings. The van der Waals surface area contributed by atoms with E-state index in [1.165, 1.54) is 12.1 Å². The first-order valence-electron chi connectivity index (χ1n) is 8.47. The third-order valence-electron chi connectivity index (χ3n) is 4.19. The molecule has 0 aliphatic carbocycles. The predicted molar refractivity (Wildman–Crippen MR) is 109 cm³/mol. The molecule has 9 heteroatoms. The quantitative estimate of drug-likeness (QED) is 0.258. The lowest BCUT2D eigenvalue weighted by Crippen LogP contribution is -2.16. The number of amides is 1. The average Bonchev–Trinajstić information content (AvgIpc) is 2.63. The lowest BCUT2D eigenvalue weighted by Gasteiger charge is -2.16. The Morgan fingerprint density at radius 1 is 1.07 bits per heavy atom. The summed E-state index contributed by atoms with van der Waals surface area (Å²) in [5.74, 6) is -1.51. The Bertz CT molecular complexity index is 1250. The van der Waals surface area contributed by atoms with Crippen LogP contribution < -0.4 is 15.8 Å². The minimum atomic E-state index is -4.62. The number of carbonyl (C=O) groups is 2. The van der Waals surface area contributed by atoms with Gasteiger partial charge in [-0.15, -0.1) is 0 Å². The molecule has 29 heavy (non-hydrogen) atoms. The lowest BCUT2D eigenvalue weighted by molar-refractivity contribution is -0.131. The molecule has 1 amide bonds. The molecule has 0 bridgehead atoms. The van der Waals surface area contributed by atoms with Gasteiger partial charge in [-0.25, -0.2) is 0 Å². The standard InChI is InChI=1S/C20H18N2O6S/c1-11-7-8-16(21)15(9-11)20(24)22-19-14-6-4-3-5-13(14)18(29(25,26)27)10-17(19)28-12(2)23/h3-10H,21H2,1-2H3,(H,22,24)(H,25,26,27). The fourth-order valence-electron chi connectivity index (χ4n) is 2.94. The van der Waals surface area contributed by atoms with E-state index in [2.05, 4.69) is 5.32 Å². The van der Waals surface area contributed by atoms with Crippen LogP contribution in [0.2, 0.25) is 0 Å². The molecule has 0 aromatic heterocycles. The number of nitrogen functional groups attached to an aromatic ring is 1. The molecule has 3 aromatic rings. The normalized spacial score (nSPS) is 11.3. The van der Waals surface area contributed by atoms with E-state index < -0.39 is 26.9 Å². The van der Waals surface area contributed by atoms with Crippen LogP contribution >= 0.6 is 0 Å². The third-order valence-corrected chi connectivity index (χ3v) is 5.09. The molecule has 8 nitrogen and oxygen atoms in total. The van der Waals surface area contributed by atoms with Crippen molar-refractivity contribution in [1.82, 2.24) is 0 Å². The summed E-state index contributed by atoms with van der Waals surface area (Å²) in [6.45, 7) is 2.93. The van der Waals surface area contributed by atoms with Crippen LogP contribution in [0.25, 0.3) is 10.8 Å². The molecule has 4 N–H and O–H groups in total. The van der Waals surface area contributed by atoms with Gasteiger partial charge in [0, 0.05) is 29.4 Å². The summed E-state index contributed by atoms with van der Waals surface area (Å²) in [6.07, 6.45) is 0. The van der Waals surface area contributed by atoms with Gasteiger partial charge in [0.05, 0.1) is 11.3 Å². The van der Waals surface area contributed by atoms with Gasteiger partial charge in [-0.1, -0.05) is 35.9 Å². The number of hydrogen-bond acceptors (Lipinski definition) is 6. The highest BCUT2D eigenvalue weighted by Gasteiger charge is 2.23. The first kappa shape index (κ1) is 20.3. The van der Waals surface area contributed by atoms with Crippen LogP contribution in [0.5, 0.6) is 5.75 Å². The largest absolute Gasteiger partial charge is 0.424 e. The minimum absolute atomic E-state index is 0.0779. The van der Waals surface area contributed by atoms with Gasteiger partial charge in [0.2, 0.25) is 0 Å². The van der Waals surface area contributed by atoms with Gasteiger partial charge in [0.15, 0.2) is 5.75 Å². The van der Waals surface area contributed by atoms with Gasteiger partial charge < -0.3 is 15.8 Å². The highest BCUT2D eigenvalue weighted by molar-refractivity contribution is 7.86. The van der Waals surface area contributed by atoms with Gasteiger partial charge in [0.1, 0.15) is 4.90 Å². The Balaban J connectivity index is 2.24. The smallest absolute Gasteiger partial charge is 0.308 e. The fourth-order valence-corrected chi connectivity index (χ4v) is 3.65. The van der Waals surface area contributed by atoms with Crippen LogP contribution in [0.3, 0.4) is 0 Å². The summed E-state index contributed by atoms with van der Waals surface area (Å²) in [5, 5.41) is 3.06. The molecule has 0 heterocycles. The Morgan fingerprint density at radius 2 is 1.72 bits per heavy atom. The van der Waals surface area contributed by atoms with Crippen molar-refractivity contribution < 1.29 is 27.3 Å². The topological polar surface area (TPSA) is 136 Å². The molecule has 3 rings (SSSR count). The molecule has 0 atom stereocenters. The van der Waals surface area contributed by atoms with Gasteiger partial charge in [-0.05, 0) is 19.1 Å². The Kier molecular flexibility index (Phi) is 5.27. The predicted octanol–water partition coefficient (Wildman–Crippen LogP) is 3.15.